The van der Waals surface area contributed by atoms with E-state index in [9.17, 15) is 13.2 Å². The number of carbonyl (C=O) groups is 1. The molecule has 0 spiro atoms. The van der Waals surface area contributed by atoms with Gasteiger partial charge < -0.3 is 10.1 Å². The molecule has 1 aromatic heterocycles. The van der Waals surface area contributed by atoms with Crippen LogP contribution in [0.5, 0.6) is 0 Å². The number of rotatable bonds is 7. The highest BCUT2D eigenvalue weighted by molar-refractivity contribution is 7.89. The molecule has 3 rings (SSSR count). The summed E-state index contributed by atoms with van der Waals surface area (Å²) in [5.41, 5.74) is 1.77. The van der Waals surface area contributed by atoms with Crippen molar-refractivity contribution in [2.75, 3.05) is 25.0 Å². The molecule has 7 nitrogen and oxygen atoms in total. The molecule has 164 valence electrons. The van der Waals surface area contributed by atoms with Gasteiger partial charge in [-0.15, -0.1) is 11.3 Å². The van der Waals surface area contributed by atoms with Gasteiger partial charge in [-0.05, 0) is 42.9 Å². The molecule has 1 aliphatic rings. The SMILES string of the molecule is Cc1csc(NC(=O)CN(CC2CCCO2)S(=O)(=O)c2ccc(C(C)(C)C)cc2)n1. The predicted octanol–water partition coefficient (Wildman–Crippen LogP) is 3.56. The molecular formula is C21H29N3O4S2. The summed E-state index contributed by atoms with van der Waals surface area (Å²) in [7, 11) is -3.86. The van der Waals surface area contributed by atoms with E-state index in [0.717, 1.165) is 24.1 Å². The fraction of sp³-hybridized carbons (Fsp3) is 0.524. The van der Waals surface area contributed by atoms with Gasteiger partial charge in [0.05, 0.1) is 23.2 Å². The fourth-order valence-electron chi connectivity index (χ4n) is 3.27. The molecule has 2 aromatic rings. The van der Waals surface area contributed by atoms with Crippen LogP contribution in [0.1, 0.15) is 44.9 Å². The Balaban J connectivity index is 1.81. The minimum Gasteiger partial charge on any atom is -0.377 e. The van der Waals surface area contributed by atoms with Crippen LogP contribution in [-0.4, -0.2) is 49.4 Å². The molecule has 1 aliphatic heterocycles. The van der Waals surface area contributed by atoms with Crippen LogP contribution in [0.2, 0.25) is 0 Å². The number of ether oxygens (including phenoxy) is 1. The Morgan fingerprint density at radius 3 is 2.53 bits per heavy atom. The van der Waals surface area contributed by atoms with Crippen molar-refractivity contribution >= 4 is 32.4 Å². The predicted molar refractivity (Wildman–Crippen MR) is 118 cm³/mol. The van der Waals surface area contributed by atoms with Crippen LogP contribution in [0.3, 0.4) is 0 Å². The second kappa shape index (κ2) is 9.13. The summed E-state index contributed by atoms with van der Waals surface area (Å²) in [5, 5.41) is 4.98. The topological polar surface area (TPSA) is 88.6 Å². The summed E-state index contributed by atoms with van der Waals surface area (Å²) < 4.78 is 33.5. The van der Waals surface area contributed by atoms with Crippen molar-refractivity contribution in [2.45, 2.75) is 57.0 Å². The number of anilines is 1. The second-order valence-electron chi connectivity index (χ2n) is 8.55. The van der Waals surface area contributed by atoms with E-state index in [1.54, 1.807) is 12.1 Å². The maximum atomic E-state index is 13.4. The lowest BCUT2D eigenvalue weighted by atomic mass is 9.87. The Kier molecular flexibility index (Phi) is 6.96. The van der Waals surface area contributed by atoms with E-state index in [-0.39, 0.29) is 29.5 Å². The number of carbonyl (C=O) groups excluding carboxylic acids is 1. The van der Waals surface area contributed by atoms with Crippen LogP contribution in [0.15, 0.2) is 34.5 Å². The second-order valence-corrected chi connectivity index (χ2v) is 11.3. The molecule has 1 unspecified atom stereocenters. The van der Waals surface area contributed by atoms with Crippen LogP contribution in [0.25, 0.3) is 0 Å². The zero-order valence-electron chi connectivity index (χ0n) is 17.8. The quantitative estimate of drug-likeness (QED) is 0.695. The Morgan fingerprint density at radius 2 is 2.00 bits per heavy atom. The number of amides is 1. The molecule has 1 fully saturated rings. The Hall–Kier alpha value is -1.81. The first-order valence-corrected chi connectivity index (χ1v) is 12.3. The lowest BCUT2D eigenvalue weighted by molar-refractivity contribution is -0.116. The van der Waals surface area contributed by atoms with Crippen LogP contribution < -0.4 is 5.32 Å². The molecule has 1 saturated heterocycles. The van der Waals surface area contributed by atoms with Crippen molar-refractivity contribution in [3.8, 4) is 0 Å². The monoisotopic (exact) mass is 451 g/mol. The van der Waals surface area contributed by atoms with Gasteiger partial charge in [0.2, 0.25) is 15.9 Å². The van der Waals surface area contributed by atoms with Crippen molar-refractivity contribution in [3.05, 3.63) is 40.9 Å². The van der Waals surface area contributed by atoms with E-state index < -0.39 is 15.9 Å². The molecule has 0 aliphatic carbocycles. The van der Waals surface area contributed by atoms with E-state index in [2.05, 4.69) is 31.1 Å². The van der Waals surface area contributed by atoms with Gasteiger partial charge in [-0.1, -0.05) is 32.9 Å². The summed E-state index contributed by atoms with van der Waals surface area (Å²) in [6.07, 6.45) is 1.47. The van der Waals surface area contributed by atoms with Crippen molar-refractivity contribution in [1.82, 2.24) is 9.29 Å². The smallest absolute Gasteiger partial charge is 0.243 e. The average Bonchev–Trinajstić information content (AvgIpc) is 3.32. The van der Waals surface area contributed by atoms with Gasteiger partial charge >= 0.3 is 0 Å². The summed E-state index contributed by atoms with van der Waals surface area (Å²) in [5.74, 6) is -0.419. The van der Waals surface area contributed by atoms with Gasteiger partial charge in [0.15, 0.2) is 5.13 Å². The van der Waals surface area contributed by atoms with Crippen LogP contribution in [0, 0.1) is 6.92 Å². The number of sulfonamides is 1. The van der Waals surface area contributed by atoms with E-state index in [0.29, 0.717) is 11.7 Å². The molecule has 0 bridgehead atoms. The van der Waals surface area contributed by atoms with Crippen LogP contribution in [-0.2, 0) is 25.0 Å². The summed E-state index contributed by atoms with van der Waals surface area (Å²) in [6, 6.07) is 6.88. The van der Waals surface area contributed by atoms with Gasteiger partial charge in [0.25, 0.3) is 0 Å². The van der Waals surface area contributed by atoms with Gasteiger partial charge in [-0.3, -0.25) is 4.79 Å². The molecular weight excluding hydrogens is 422 g/mol. The Bertz CT molecular complexity index is 972. The van der Waals surface area contributed by atoms with Crippen molar-refractivity contribution in [3.63, 3.8) is 0 Å². The van der Waals surface area contributed by atoms with Crippen molar-refractivity contribution in [1.29, 1.82) is 0 Å². The number of aromatic nitrogens is 1. The Morgan fingerprint density at radius 1 is 1.30 bits per heavy atom. The van der Waals surface area contributed by atoms with Gasteiger partial charge in [-0.2, -0.15) is 4.31 Å². The lowest BCUT2D eigenvalue weighted by Crippen LogP contribution is -2.42. The third-order valence-corrected chi connectivity index (χ3v) is 7.68. The number of aryl methyl sites for hydroxylation is 1. The highest BCUT2D eigenvalue weighted by Crippen LogP contribution is 2.26. The third-order valence-electron chi connectivity index (χ3n) is 4.97. The molecule has 1 amide bonds. The molecule has 9 heteroatoms. The lowest BCUT2D eigenvalue weighted by Gasteiger charge is -2.25. The largest absolute Gasteiger partial charge is 0.377 e. The summed E-state index contributed by atoms with van der Waals surface area (Å²) in [6.45, 7) is 8.53. The highest BCUT2D eigenvalue weighted by atomic mass is 32.2. The first-order chi connectivity index (χ1) is 14.1. The molecule has 1 N–H and O–H groups in total. The van der Waals surface area contributed by atoms with Gasteiger partial charge in [0, 0.05) is 18.5 Å². The van der Waals surface area contributed by atoms with E-state index >= 15 is 0 Å². The number of thiazole rings is 1. The zero-order valence-corrected chi connectivity index (χ0v) is 19.5. The maximum Gasteiger partial charge on any atom is 0.243 e. The summed E-state index contributed by atoms with van der Waals surface area (Å²) >= 11 is 1.31. The number of nitrogens with zero attached hydrogens (tertiary/aromatic N) is 2. The molecule has 0 saturated carbocycles. The van der Waals surface area contributed by atoms with E-state index in [1.807, 2.05) is 24.4 Å². The minimum absolute atomic E-state index is 0.0780. The standard InChI is InChI=1S/C21H29N3O4S2/c1-15-14-29-20(22-15)23-19(25)13-24(12-17-6-5-11-28-17)30(26,27)18-9-7-16(8-10-18)21(2,3)4/h7-10,14,17H,5-6,11-13H2,1-4H3,(H,22,23,25). The molecule has 1 aromatic carbocycles. The molecule has 1 atom stereocenters. The van der Waals surface area contributed by atoms with Crippen molar-refractivity contribution < 1.29 is 17.9 Å². The van der Waals surface area contributed by atoms with Crippen LogP contribution >= 0.6 is 11.3 Å². The average molecular weight is 452 g/mol. The highest BCUT2D eigenvalue weighted by Gasteiger charge is 2.31. The minimum atomic E-state index is -3.86. The van der Waals surface area contributed by atoms with Crippen molar-refractivity contribution in [2.24, 2.45) is 0 Å². The van der Waals surface area contributed by atoms with E-state index in [4.69, 9.17) is 4.74 Å². The van der Waals surface area contributed by atoms with Crippen LogP contribution in [0.4, 0.5) is 5.13 Å². The Labute approximate surface area is 182 Å². The van der Waals surface area contributed by atoms with Gasteiger partial charge in [0.1, 0.15) is 0 Å². The number of nitrogens with one attached hydrogen (secondary N) is 1. The molecule has 0 radical (unpaired) electrons. The number of hydrogen-bond acceptors (Lipinski definition) is 6. The normalized spacial score (nSPS) is 17.4. The van der Waals surface area contributed by atoms with Gasteiger partial charge in [-0.25, -0.2) is 13.4 Å². The summed E-state index contributed by atoms with van der Waals surface area (Å²) in [4.78, 5) is 17.0. The maximum absolute atomic E-state index is 13.4. The first kappa shape index (κ1) is 22.9. The number of hydrogen-bond donors (Lipinski definition) is 1. The fourth-order valence-corrected chi connectivity index (χ4v) is 5.40. The molecule has 30 heavy (non-hydrogen) atoms. The third kappa shape index (κ3) is 5.66. The molecule has 2 heterocycles. The first-order valence-electron chi connectivity index (χ1n) is 10.00. The van der Waals surface area contributed by atoms with E-state index in [1.165, 1.54) is 15.6 Å². The zero-order chi connectivity index (χ0) is 21.9. The number of benzene rings is 1.